The maximum Gasteiger partial charge on any atom is 0.265 e. The molecule has 5 heteroatoms. The Hall–Kier alpha value is -3.60. The van der Waals surface area contributed by atoms with Crippen LogP contribution in [0.5, 0.6) is 5.75 Å². The van der Waals surface area contributed by atoms with Crippen molar-refractivity contribution >= 4 is 17.5 Å². The maximum atomic E-state index is 12.9. The molecule has 0 aliphatic heterocycles. The zero-order chi connectivity index (χ0) is 22.4. The first-order chi connectivity index (χ1) is 14.8. The van der Waals surface area contributed by atoms with Crippen molar-refractivity contribution in [3.8, 4) is 5.75 Å². The number of benzene rings is 3. The Morgan fingerprint density at radius 3 is 2.29 bits per heavy atom. The van der Waals surface area contributed by atoms with E-state index in [4.69, 9.17) is 4.74 Å². The van der Waals surface area contributed by atoms with Crippen LogP contribution in [0.3, 0.4) is 0 Å². The summed E-state index contributed by atoms with van der Waals surface area (Å²) in [6, 6.07) is 22.4. The molecule has 2 atom stereocenters. The number of anilines is 1. The van der Waals surface area contributed by atoms with Crippen LogP contribution in [0.15, 0.2) is 72.8 Å². The Balaban J connectivity index is 1.70. The number of rotatable bonds is 7. The van der Waals surface area contributed by atoms with Crippen LogP contribution < -0.4 is 15.4 Å². The Kier molecular flexibility index (Phi) is 7.08. The summed E-state index contributed by atoms with van der Waals surface area (Å²) in [5, 5.41) is 5.82. The lowest BCUT2D eigenvalue weighted by Crippen LogP contribution is -2.32. The van der Waals surface area contributed by atoms with E-state index in [2.05, 4.69) is 10.6 Å². The van der Waals surface area contributed by atoms with Gasteiger partial charge in [-0.2, -0.15) is 0 Å². The van der Waals surface area contributed by atoms with Crippen molar-refractivity contribution in [2.45, 2.75) is 39.8 Å². The minimum atomic E-state index is -0.722. The minimum absolute atomic E-state index is 0.163. The topological polar surface area (TPSA) is 67.4 Å². The fraction of sp³-hybridized carbons (Fsp3) is 0.231. The van der Waals surface area contributed by atoms with Gasteiger partial charge in [0.1, 0.15) is 5.75 Å². The molecule has 0 fully saturated rings. The maximum absolute atomic E-state index is 12.9. The number of hydrogen-bond donors (Lipinski definition) is 2. The van der Waals surface area contributed by atoms with Crippen molar-refractivity contribution in [1.29, 1.82) is 0 Å². The van der Waals surface area contributed by atoms with Gasteiger partial charge in [-0.25, -0.2) is 0 Å². The van der Waals surface area contributed by atoms with Crippen molar-refractivity contribution in [3.63, 3.8) is 0 Å². The number of nitrogens with one attached hydrogen (secondary N) is 2. The first-order valence-corrected chi connectivity index (χ1v) is 10.3. The molecule has 0 aliphatic carbocycles. The summed E-state index contributed by atoms with van der Waals surface area (Å²) >= 11 is 0. The van der Waals surface area contributed by atoms with Crippen LogP contribution in [0.25, 0.3) is 0 Å². The average Bonchev–Trinajstić information content (AvgIpc) is 2.77. The molecule has 0 heterocycles. The summed E-state index contributed by atoms with van der Waals surface area (Å²) in [6.45, 7) is 7.53. The van der Waals surface area contributed by atoms with Gasteiger partial charge < -0.3 is 15.4 Å². The molecule has 0 radical (unpaired) electrons. The van der Waals surface area contributed by atoms with Crippen LogP contribution in [0, 0.1) is 13.8 Å². The highest BCUT2D eigenvalue weighted by Gasteiger charge is 2.20. The number of amides is 2. The molecular formula is C26H28N2O3. The number of aryl methyl sites for hydroxylation is 2. The van der Waals surface area contributed by atoms with Crippen LogP contribution in [-0.4, -0.2) is 17.9 Å². The van der Waals surface area contributed by atoms with E-state index in [1.54, 1.807) is 31.2 Å². The van der Waals surface area contributed by atoms with Gasteiger partial charge in [-0.1, -0.05) is 54.6 Å². The molecular weight excluding hydrogens is 388 g/mol. The summed E-state index contributed by atoms with van der Waals surface area (Å²) < 4.78 is 5.87. The molecule has 2 amide bonds. The molecule has 3 aromatic carbocycles. The predicted octanol–water partition coefficient (Wildman–Crippen LogP) is 5.20. The van der Waals surface area contributed by atoms with Gasteiger partial charge in [0, 0.05) is 0 Å². The van der Waals surface area contributed by atoms with E-state index in [1.165, 1.54) is 0 Å². The van der Waals surface area contributed by atoms with Crippen molar-refractivity contribution in [2.75, 3.05) is 5.32 Å². The fourth-order valence-electron chi connectivity index (χ4n) is 3.20. The summed E-state index contributed by atoms with van der Waals surface area (Å²) in [5.74, 6) is 0.0954. The Morgan fingerprint density at radius 1 is 0.871 bits per heavy atom. The van der Waals surface area contributed by atoms with Crippen LogP contribution in [0.2, 0.25) is 0 Å². The van der Waals surface area contributed by atoms with Crippen molar-refractivity contribution in [3.05, 3.63) is 95.1 Å². The molecule has 5 nitrogen and oxygen atoms in total. The van der Waals surface area contributed by atoms with Gasteiger partial charge in [-0.15, -0.1) is 0 Å². The highest BCUT2D eigenvalue weighted by Crippen LogP contribution is 2.22. The first-order valence-electron chi connectivity index (χ1n) is 10.3. The largest absolute Gasteiger partial charge is 0.481 e. The second kappa shape index (κ2) is 9.94. The molecule has 0 aliphatic rings. The summed E-state index contributed by atoms with van der Waals surface area (Å²) in [5.41, 5.74) is 3.87. The zero-order valence-electron chi connectivity index (χ0n) is 18.3. The highest BCUT2D eigenvalue weighted by molar-refractivity contribution is 6.04. The quantitative estimate of drug-likeness (QED) is 0.556. The minimum Gasteiger partial charge on any atom is -0.481 e. The lowest BCUT2D eigenvalue weighted by atomic mass is 10.1. The standard InChI is InChI=1S/C26H28N2O3/c1-17-14-15-18(2)24(16-17)31-20(4)25(29)28-23-13-9-8-12-22(23)26(30)27-19(3)21-10-6-5-7-11-21/h5-16,19-20H,1-4H3,(H,27,30)(H,28,29)/t19-,20-/m1/s1. The summed E-state index contributed by atoms with van der Waals surface area (Å²) in [7, 11) is 0. The second-order valence-corrected chi connectivity index (χ2v) is 7.67. The Bertz CT molecular complexity index is 1060. The molecule has 0 spiro atoms. The van der Waals surface area contributed by atoms with E-state index >= 15 is 0 Å². The van der Waals surface area contributed by atoms with Gasteiger partial charge in [-0.05, 0) is 62.6 Å². The van der Waals surface area contributed by atoms with E-state index < -0.39 is 6.10 Å². The monoisotopic (exact) mass is 416 g/mol. The molecule has 2 N–H and O–H groups in total. The van der Waals surface area contributed by atoms with Crippen LogP contribution in [-0.2, 0) is 4.79 Å². The lowest BCUT2D eigenvalue weighted by molar-refractivity contribution is -0.122. The van der Waals surface area contributed by atoms with Gasteiger partial charge in [0.25, 0.3) is 11.8 Å². The second-order valence-electron chi connectivity index (χ2n) is 7.67. The Morgan fingerprint density at radius 2 is 1.55 bits per heavy atom. The molecule has 160 valence electrons. The van der Waals surface area contributed by atoms with E-state index in [9.17, 15) is 9.59 Å². The van der Waals surface area contributed by atoms with Crippen molar-refractivity contribution in [2.24, 2.45) is 0 Å². The summed E-state index contributed by atoms with van der Waals surface area (Å²) in [4.78, 5) is 25.6. The van der Waals surface area contributed by atoms with Gasteiger partial charge in [0.15, 0.2) is 6.10 Å². The molecule has 31 heavy (non-hydrogen) atoms. The molecule has 3 rings (SSSR count). The van der Waals surface area contributed by atoms with E-state index in [0.717, 1.165) is 16.7 Å². The number of hydrogen-bond acceptors (Lipinski definition) is 3. The van der Waals surface area contributed by atoms with Crippen LogP contribution in [0.1, 0.15) is 46.9 Å². The summed E-state index contributed by atoms with van der Waals surface area (Å²) in [6.07, 6.45) is -0.722. The normalized spacial score (nSPS) is 12.5. The van der Waals surface area contributed by atoms with E-state index in [-0.39, 0.29) is 17.9 Å². The van der Waals surface area contributed by atoms with Crippen molar-refractivity contribution in [1.82, 2.24) is 5.32 Å². The SMILES string of the molecule is Cc1ccc(C)c(O[C@H](C)C(=O)Nc2ccccc2C(=O)N[C@H](C)c2ccccc2)c1. The molecule has 0 saturated heterocycles. The van der Waals surface area contributed by atoms with Crippen molar-refractivity contribution < 1.29 is 14.3 Å². The highest BCUT2D eigenvalue weighted by atomic mass is 16.5. The van der Waals surface area contributed by atoms with Gasteiger partial charge in [-0.3, -0.25) is 9.59 Å². The lowest BCUT2D eigenvalue weighted by Gasteiger charge is -2.19. The number of ether oxygens (including phenoxy) is 1. The third kappa shape index (κ3) is 5.72. The first kappa shape index (κ1) is 22.1. The van der Waals surface area contributed by atoms with Crippen LogP contribution >= 0.6 is 0 Å². The van der Waals surface area contributed by atoms with E-state index in [1.807, 2.05) is 69.3 Å². The van der Waals surface area contributed by atoms with Gasteiger partial charge in [0.2, 0.25) is 0 Å². The number of carbonyl (C=O) groups excluding carboxylic acids is 2. The predicted molar refractivity (Wildman–Crippen MR) is 123 cm³/mol. The smallest absolute Gasteiger partial charge is 0.265 e. The number of carbonyl (C=O) groups is 2. The average molecular weight is 417 g/mol. The Labute approximate surface area is 183 Å². The molecule has 0 saturated carbocycles. The molecule has 0 aromatic heterocycles. The van der Waals surface area contributed by atoms with E-state index in [0.29, 0.717) is 17.0 Å². The third-order valence-corrected chi connectivity index (χ3v) is 5.09. The van der Waals surface area contributed by atoms with Gasteiger partial charge >= 0.3 is 0 Å². The van der Waals surface area contributed by atoms with Crippen LogP contribution in [0.4, 0.5) is 5.69 Å². The molecule has 0 bridgehead atoms. The molecule has 3 aromatic rings. The zero-order valence-corrected chi connectivity index (χ0v) is 18.3. The fourth-order valence-corrected chi connectivity index (χ4v) is 3.20. The van der Waals surface area contributed by atoms with Gasteiger partial charge in [0.05, 0.1) is 17.3 Å². The third-order valence-electron chi connectivity index (χ3n) is 5.09. The number of para-hydroxylation sites is 1. The molecule has 0 unspecified atom stereocenters.